The average Bonchev–Trinajstić information content (AvgIpc) is 2.68. The molecule has 1 fully saturated rings. The topological polar surface area (TPSA) is 69.7 Å². The second-order valence-corrected chi connectivity index (χ2v) is 7.77. The van der Waals surface area contributed by atoms with Crippen LogP contribution in [-0.2, 0) is 10.0 Å². The normalized spacial score (nSPS) is 15.8. The summed E-state index contributed by atoms with van der Waals surface area (Å²) in [7, 11) is -2.00. The average molecular weight is 359 g/mol. The SMILES string of the molecule is CNC(=O)c1ccc(S(=O)(=O)N2CCN(c3ccccc3)CC2)cc1. The summed E-state index contributed by atoms with van der Waals surface area (Å²) in [4.78, 5) is 14.0. The summed E-state index contributed by atoms with van der Waals surface area (Å²) < 4.78 is 27.1. The van der Waals surface area contributed by atoms with Crippen LogP contribution in [-0.4, -0.2) is 51.9 Å². The van der Waals surface area contributed by atoms with Gasteiger partial charge in [0.15, 0.2) is 0 Å². The molecule has 0 aromatic heterocycles. The van der Waals surface area contributed by atoms with Crippen molar-refractivity contribution >= 4 is 21.6 Å². The monoisotopic (exact) mass is 359 g/mol. The van der Waals surface area contributed by atoms with Crippen molar-refractivity contribution in [3.05, 3.63) is 60.2 Å². The molecule has 1 aliphatic rings. The Hall–Kier alpha value is -2.38. The zero-order valence-electron chi connectivity index (χ0n) is 14.1. The van der Waals surface area contributed by atoms with Crippen LogP contribution < -0.4 is 10.2 Å². The van der Waals surface area contributed by atoms with Gasteiger partial charge in [-0.2, -0.15) is 4.31 Å². The van der Waals surface area contributed by atoms with E-state index in [-0.39, 0.29) is 10.8 Å². The van der Waals surface area contributed by atoms with E-state index in [1.807, 2.05) is 30.3 Å². The Balaban J connectivity index is 1.70. The smallest absolute Gasteiger partial charge is 0.251 e. The first-order valence-electron chi connectivity index (χ1n) is 8.14. The largest absolute Gasteiger partial charge is 0.369 e. The number of para-hydroxylation sites is 1. The molecule has 25 heavy (non-hydrogen) atoms. The number of nitrogens with zero attached hydrogens (tertiary/aromatic N) is 2. The quantitative estimate of drug-likeness (QED) is 0.899. The second kappa shape index (κ2) is 7.25. The summed E-state index contributed by atoms with van der Waals surface area (Å²) in [5, 5.41) is 2.52. The molecule has 0 aliphatic carbocycles. The number of sulfonamides is 1. The molecule has 0 spiro atoms. The number of anilines is 1. The third-order valence-corrected chi connectivity index (χ3v) is 6.25. The highest BCUT2D eigenvalue weighted by atomic mass is 32.2. The standard InChI is InChI=1S/C18H21N3O3S/c1-19-18(22)15-7-9-17(10-8-15)25(23,24)21-13-11-20(12-14-21)16-5-3-2-4-6-16/h2-10H,11-14H2,1H3,(H,19,22). The van der Waals surface area contributed by atoms with Gasteiger partial charge in [0.05, 0.1) is 4.90 Å². The third-order valence-electron chi connectivity index (χ3n) is 4.34. The molecule has 1 heterocycles. The minimum absolute atomic E-state index is 0.216. The van der Waals surface area contributed by atoms with E-state index in [4.69, 9.17) is 0 Å². The molecule has 0 unspecified atom stereocenters. The van der Waals surface area contributed by atoms with Crippen LogP contribution in [0.25, 0.3) is 0 Å². The molecule has 6 nitrogen and oxygen atoms in total. The number of nitrogens with one attached hydrogen (secondary N) is 1. The van der Waals surface area contributed by atoms with Crippen molar-refractivity contribution in [2.45, 2.75) is 4.90 Å². The third kappa shape index (κ3) is 3.67. The van der Waals surface area contributed by atoms with Crippen LogP contribution in [0.4, 0.5) is 5.69 Å². The van der Waals surface area contributed by atoms with Crippen molar-refractivity contribution in [1.29, 1.82) is 0 Å². The highest BCUT2D eigenvalue weighted by Crippen LogP contribution is 2.21. The Labute approximate surface area is 148 Å². The lowest BCUT2D eigenvalue weighted by Crippen LogP contribution is -2.48. The van der Waals surface area contributed by atoms with Gasteiger partial charge in [-0.05, 0) is 36.4 Å². The fourth-order valence-corrected chi connectivity index (χ4v) is 4.32. The number of hydrogen-bond acceptors (Lipinski definition) is 4. The lowest BCUT2D eigenvalue weighted by atomic mass is 10.2. The van der Waals surface area contributed by atoms with Crippen LogP contribution >= 0.6 is 0 Å². The van der Waals surface area contributed by atoms with Crippen molar-refractivity contribution in [3.63, 3.8) is 0 Å². The summed E-state index contributed by atoms with van der Waals surface area (Å²) in [5.74, 6) is -0.236. The highest BCUT2D eigenvalue weighted by molar-refractivity contribution is 7.89. The number of benzene rings is 2. The molecule has 2 aromatic rings. The molecule has 2 aromatic carbocycles. The number of hydrogen-bond donors (Lipinski definition) is 1. The highest BCUT2D eigenvalue weighted by Gasteiger charge is 2.28. The molecule has 7 heteroatoms. The molecular weight excluding hydrogens is 338 g/mol. The van der Waals surface area contributed by atoms with Crippen molar-refractivity contribution < 1.29 is 13.2 Å². The lowest BCUT2D eigenvalue weighted by molar-refractivity contribution is 0.0963. The summed E-state index contributed by atoms with van der Waals surface area (Å²) in [5.41, 5.74) is 1.55. The van der Waals surface area contributed by atoms with E-state index in [1.54, 1.807) is 7.05 Å². The maximum Gasteiger partial charge on any atom is 0.251 e. The number of carbonyl (C=O) groups is 1. The van der Waals surface area contributed by atoms with Gasteiger partial charge in [0.2, 0.25) is 10.0 Å². The molecule has 1 saturated heterocycles. The van der Waals surface area contributed by atoms with E-state index in [1.165, 1.54) is 28.6 Å². The Morgan fingerprint density at radius 2 is 1.52 bits per heavy atom. The predicted molar refractivity (Wildman–Crippen MR) is 97.2 cm³/mol. The van der Waals surface area contributed by atoms with Gasteiger partial charge in [-0.1, -0.05) is 18.2 Å². The predicted octanol–water partition coefficient (Wildman–Crippen LogP) is 1.56. The van der Waals surface area contributed by atoms with Crippen LogP contribution in [0.5, 0.6) is 0 Å². The first-order chi connectivity index (χ1) is 12.0. The lowest BCUT2D eigenvalue weighted by Gasteiger charge is -2.35. The molecule has 1 aliphatic heterocycles. The molecule has 0 saturated carbocycles. The van der Waals surface area contributed by atoms with Gasteiger partial charge in [-0.3, -0.25) is 4.79 Å². The van der Waals surface area contributed by atoms with Crippen LogP contribution in [0.2, 0.25) is 0 Å². The Morgan fingerprint density at radius 1 is 0.920 bits per heavy atom. The maximum absolute atomic E-state index is 12.8. The molecule has 0 radical (unpaired) electrons. The zero-order chi connectivity index (χ0) is 17.9. The Morgan fingerprint density at radius 3 is 2.08 bits per heavy atom. The van der Waals surface area contributed by atoms with Crippen molar-refractivity contribution in [2.75, 3.05) is 38.1 Å². The minimum Gasteiger partial charge on any atom is -0.369 e. The van der Waals surface area contributed by atoms with Gasteiger partial charge in [0.25, 0.3) is 5.91 Å². The molecule has 132 valence electrons. The molecule has 3 rings (SSSR count). The number of carbonyl (C=O) groups excluding carboxylic acids is 1. The Kier molecular flexibility index (Phi) is 5.06. The van der Waals surface area contributed by atoms with Gasteiger partial charge in [-0.25, -0.2) is 8.42 Å². The van der Waals surface area contributed by atoms with Gasteiger partial charge >= 0.3 is 0 Å². The van der Waals surface area contributed by atoms with Crippen molar-refractivity contribution in [2.24, 2.45) is 0 Å². The van der Waals surface area contributed by atoms with E-state index >= 15 is 0 Å². The molecule has 1 amide bonds. The van der Waals surface area contributed by atoms with Gasteiger partial charge in [-0.15, -0.1) is 0 Å². The van der Waals surface area contributed by atoms with Gasteiger partial charge in [0.1, 0.15) is 0 Å². The van der Waals surface area contributed by atoms with Crippen molar-refractivity contribution in [1.82, 2.24) is 9.62 Å². The Bertz CT molecular complexity index is 828. The van der Waals surface area contributed by atoms with Crippen LogP contribution in [0, 0.1) is 0 Å². The van der Waals surface area contributed by atoms with E-state index in [2.05, 4.69) is 10.2 Å². The summed E-state index contributed by atoms with van der Waals surface area (Å²) in [6.07, 6.45) is 0. The van der Waals surface area contributed by atoms with Crippen LogP contribution in [0.1, 0.15) is 10.4 Å². The zero-order valence-corrected chi connectivity index (χ0v) is 14.9. The molecule has 0 bridgehead atoms. The van der Waals surface area contributed by atoms with Gasteiger partial charge in [0, 0.05) is 44.5 Å². The van der Waals surface area contributed by atoms with Crippen molar-refractivity contribution in [3.8, 4) is 0 Å². The maximum atomic E-state index is 12.8. The van der Waals surface area contributed by atoms with Gasteiger partial charge < -0.3 is 10.2 Å². The molecular formula is C18H21N3O3S. The minimum atomic E-state index is -3.54. The first-order valence-corrected chi connectivity index (χ1v) is 9.58. The van der Waals surface area contributed by atoms with E-state index in [9.17, 15) is 13.2 Å². The number of amides is 1. The fraction of sp³-hybridized carbons (Fsp3) is 0.278. The van der Waals surface area contributed by atoms with E-state index in [0.717, 1.165) is 5.69 Å². The molecule has 1 N–H and O–H groups in total. The van der Waals surface area contributed by atoms with E-state index in [0.29, 0.717) is 31.7 Å². The van der Waals surface area contributed by atoms with Crippen LogP contribution in [0.3, 0.4) is 0 Å². The summed E-state index contributed by atoms with van der Waals surface area (Å²) >= 11 is 0. The van der Waals surface area contributed by atoms with E-state index < -0.39 is 10.0 Å². The fourth-order valence-electron chi connectivity index (χ4n) is 2.90. The number of rotatable bonds is 4. The second-order valence-electron chi connectivity index (χ2n) is 5.83. The molecule has 0 atom stereocenters. The summed E-state index contributed by atoms with van der Waals surface area (Å²) in [6, 6.07) is 16.0. The first kappa shape index (κ1) is 17.4. The summed E-state index contributed by atoms with van der Waals surface area (Å²) in [6.45, 7) is 2.18. The number of piperazine rings is 1. The van der Waals surface area contributed by atoms with Crippen LogP contribution in [0.15, 0.2) is 59.5 Å².